The fourth-order valence-electron chi connectivity index (χ4n) is 2.61. The number of aliphatic hydroxyl groups is 1. The summed E-state index contributed by atoms with van der Waals surface area (Å²) in [5.41, 5.74) is 3.56. The number of benzene rings is 2. The molecule has 2 aromatic rings. The average Bonchev–Trinajstić information content (AvgIpc) is 2.76. The van der Waals surface area contributed by atoms with Gasteiger partial charge in [0.25, 0.3) is 0 Å². The first-order valence-corrected chi connectivity index (χ1v) is 7.98. The molecule has 0 amide bonds. The second-order valence-electron chi connectivity index (χ2n) is 7.07. The van der Waals surface area contributed by atoms with Crippen LogP contribution in [0.4, 0.5) is 0 Å². The number of hydrogen-bond acceptors (Lipinski definition) is 3. The standard InChI is InChI=1S/C19H23BO3/c1-18(2)19(3,4)23-20(22-18)17-11-9-16(10-12-17)15-7-5-14(13-21)6-8-15/h5-12,21H,13H2,1-4H3. The van der Waals surface area contributed by atoms with E-state index in [1.54, 1.807) is 0 Å². The lowest BCUT2D eigenvalue weighted by Crippen LogP contribution is -2.41. The molecule has 1 heterocycles. The van der Waals surface area contributed by atoms with Crippen LogP contribution in [0.2, 0.25) is 0 Å². The Kier molecular flexibility index (Phi) is 4.09. The van der Waals surface area contributed by atoms with Crippen LogP contribution < -0.4 is 5.46 Å². The van der Waals surface area contributed by atoms with E-state index in [0.29, 0.717) is 0 Å². The Morgan fingerprint density at radius 2 is 1.22 bits per heavy atom. The summed E-state index contributed by atoms with van der Waals surface area (Å²) in [6.07, 6.45) is 0. The lowest BCUT2D eigenvalue weighted by Gasteiger charge is -2.32. The van der Waals surface area contributed by atoms with Gasteiger partial charge in [-0.15, -0.1) is 0 Å². The van der Waals surface area contributed by atoms with Crippen molar-refractivity contribution in [1.82, 2.24) is 0 Å². The maximum atomic E-state index is 9.11. The van der Waals surface area contributed by atoms with Gasteiger partial charge >= 0.3 is 7.12 Å². The van der Waals surface area contributed by atoms with Gasteiger partial charge in [0.1, 0.15) is 0 Å². The van der Waals surface area contributed by atoms with E-state index in [1.807, 2.05) is 24.3 Å². The Morgan fingerprint density at radius 3 is 1.65 bits per heavy atom. The molecule has 0 spiro atoms. The van der Waals surface area contributed by atoms with Gasteiger partial charge in [-0.25, -0.2) is 0 Å². The van der Waals surface area contributed by atoms with Crippen LogP contribution in [-0.2, 0) is 15.9 Å². The van der Waals surface area contributed by atoms with Crippen LogP contribution in [0.15, 0.2) is 48.5 Å². The molecule has 0 saturated carbocycles. The summed E-state index contributed by atoms with van der Waals surface area (Å²) >= 11 is 0. The largest absolute Gasteiger partial charge is 0.494 e. The van der Waals surface area contributed by atoms with Crippen molar-refractivity contribution in [3.63, 3.8) is 0 Å². The van der Waals surface area contributed by atoms with Crippen molar-refractivity contribution >= 4 is 12.6 Å². The minimum Gasteiger partial charge on any atom is -0.399 e. The molecule has 4 heteroatoms. The zero-order valence-electron chi connectivity index (χ0n) is 14.2. The molecule has 1 aliphatic heterocycles. The Balaban J connectivity index is 1.80. The van der Waals surface area contributed by atoms with E-state index < -0.39 is 0 Å². The molecule has 0 bridgehead atoms. The maximum Gasteiger partial charge on any atom is 0.494 e. The highest BCUT2D eigenvalue weighted by Crippen LogP contribution is 2.36. The van der Waals surface area contributed by atoms with Crippen molar-refractivity contribution in [2.75, 3.05) is 0 Å². The molecule has 120 valence electrons. The summed E-state index contributed by atoms with van der Waals surface area (Å²) < 4.78 is 12.2. The Labute approximate surface area is 138 Å². The van der Waals surface area contributed by atoms with Crippen LogP contribution in [0, 0.1) is 0 Å². The minimum absolute atomic E-state index is 0.0706. The number of hydrogen-bond donors (Lipinski definition) is 1. The van der Waals surface area contributed by atoms with Crippen molar-refractivity contribution in [3.05, 3.63) is 54.1 Å². The maximum absolute atomic E-state index is 9.11. The zero-order chi connectivity index (χ0) is 16.7. The van der Waals surface area contributed by atoms with Gasteiger partial charge in [-0.3, -0.25) is 0 Å². The monoisotopic (exact) mass is 310 g/mol. The molecule has 23 heavy (non-hydrogen) atoms. The van der Waals surface area contributed by atoms with Gasteiger partial charge in [0.2, 0.25) is 0 Å². The van der Waals surface area contributed by atoms with Gasteiger partial charge in [-0.2, -0.15) is 0 Å². The Hall–Kier alpha value is -1.62. The molecule has 0 aliphatic carbocycles. The molecule has 3 rings (SSSR count). The Bertz CT molecular complexity index is 659. The molecule has 0 aromatic heterocycles. The van der Waals surface area contributed by atoms with Crippen molar-refractivity contribution < 1.29 is 14.4 Å². The third-order valence-electron chi connectivity index (χ3n) is 4.91. The average molecular weight is 310 g/mol. The third kappa shape index (κ3) is 3.07. The molecule has 1 aliphatic rings. The van der Waals surface area contributed by atoms with Gasteiger partial charge < -0.3 is 14.4 Å². The number of aliphatic hydroxyl groups excluding tert-OH is 1. The lowest BCUT2D eigenvalue weighted by atomic mass is 9.78. The first-order valence-electron chi connectivity index (χ1n) is 7.98. The van der Waals surface area contributed by atoms with Crippen LogP contribution in [0.25, 0.3) is 11.1 Å². The van der Waals surface area contributed by atoms with Crippen molar-refractivity contribution in [3.8, 4) is 11.1 Å². The smallest absolute Gasteiger partial charge is 0.399 e. The summed E-state index contributed by atoms with van der Waals surface area (Å²) in [5, 5.41) is 9.11. The second kappa shape index (κ2) is 5.79. The van der Waals surface area contributed by atoms with Crippen LogP contribution in [0.3, 0.4) is 0 Å². The predicted molar refractivity (Wildman–Crippen MR) is 93.5 cm³/mol. The number of rotatable bonds is 3. The van der Waals surface area contributed by atoms with E-state index in [9.17, 15) is 0 Å². The SMILES string of the molecule is CC1(C)OB(c2ccc(-c3ccc(CO)cc3)cc2)OC1(C)C. The van der Waals surface area contributed by atoms with Crippen LogP contribution in [0.1, 0.15) is 33.3 Å². The molecule has 0 radical (unpaired) electrons. The third-order valence-corrected chi connectivity index (χ3v) is 4.91. The molecule has 0 unspecified atom stereocenters. The highest BCUT2D eigenvalue weighted by Gasteiger charge is 2.51. The van der Waals surface area contributed by atoms with Gasteiger partial charge in [0.15, 0.2) is 0 Å². The van der Waals surface area contributed by atoms with E-state index in [2.05, 4.69) is 52.0 Å². The molecular weight excluding hydrogens is 287 g/mol. The summed E-state index contributed by atoms with van der Waals surface area (Å²) in [5.74, 6) is 0. The fraction of sp³-hybridized carbons (Fsp3) is 0.368. The van der Waals surface area contributed by atoms with Gasteiger partial charge in [0, 0.05) is 0 Å². The van der Waals surface area contributed by atoms with Crippen molar-refractivity contribution in [1.29, 1.82) is 0 Å². The summed E-state index contributed by atoms with van der Waals surface area (Å²) in [7, 11) is -0.328. The van der Waals surface area contributed by atoms with Gasteiger partial charge in [0.05, 0.1) is 17.8 Å². The van der Waals surface area contributed by atoms with Gasteiger partial charge in [-0.05, 0) is 49.8 Å². The first kappa shape index (κ1) is 16.3. The lowest BCUT2D eigenvalue weighted by molar-refractivity contribution is 0.00578. The Morgan fingerprint density at radius 1 is 0.783 bits per heavy atom. The molecule has 0 atom stereocenters. The fourth-order valence-corrected chi connectivity index (χ4v) is 2.61. The van der Waals surface area contributed by atoms with E-state index in [0.717, 1.165) is 22.2 Å². The summed E-state index contributed by atoms with van der Waals surface area (Å²) in [6, 6.07) is 16.2. The van der Waals surface area contributed by atoms with E-state index in [1.165, 1.54) is 0 Å². The normalized spacial score (nSPS) is 19.1. The van der Waals surface area contributed by atoms with Crippen LogP contribution in [0.5, 0.6) is 0 Å². The summed E-state index contributed by atoms with van der Waals surface area (Å²) in [4.78, 5) is 0. The minimum atomic E-state index is -0.328. The van der Waals surface area contributed by atoms with E-state index in [-0.39, 0.29) is 24.9 Å². The van der Waals surface area contributed by atoms with E-state index >= 15 is 0 Å². The van der Waals surface area contributed by atoms with Crippen molar-refractivity contribution in [2.45, 2.75) is 45.5 Å². The molecule has 1 N–H and O–H groups in total. The molecule has 1 fully saturated rings. The topological polar surface area (TPSA) is 38.7 Å². The van der Waals surface area contributed by atoms with Crippen molar-refractivity contribution in [2.24, 2.45) is 0 Å². The second-order valence-corrected chi connectivity index (χ2v) is 7.07. The quantitative estimate of drug-likeness (QED) is 0.885. The molecule has 2 aromatic carbocycles. The van der Waals surface area contributed by atoms with E-state index in [4.69, 9.17) is 14.4 Å². The highest BCUT2D eigenvalue weighted by atomic mass is 16.7. The highest BCUT2D eigenvalue weighted by molar-refractivity contribution is 6.62. The summed E-state index contributed by atoms with van der Waals surface area (Å²) in [6.45, 7) is 8.31. The molecule has 3 nitrogen and oxygen atoms in total. The first-order chi connectivity index (χ1) is 10.8. The predicted octanol–water partition coefficient (Wildman–Crippen LogP) is 3.15. The molecular formula is C19H23BO3. The zero-order valence-corrected chi connectivity index (χ0v) is 14.2. The van der Waals surface area contributed by atoms with Crippen LogP contribution in [-0.4, -0.2) is 23.4 Å². The van der Waals surface area contributed by atoms with Gasteiger partial charge in [-0.1, -0.05) is 48.5 Å². The molecule has 1 saturated heterocycles. The van der Waals surface area contributed by atoms with Crippen LogP contribution >= 0.6 is 0 Å².